The van der Waals surface area contributed by atoms with Gasteiger partial charge in [-0.1, -0.05) is 12.2 Å². The maximum absolute atomic E-state index is 12.0. The molecule has 3 nitrogen and oxygen atoms in total. The molecule has 1 N–H and O–H groups in total. The molecule has 2 fully saturated rings. The van der Waals surface area contributed by atoms with Crippen molar-refractivity contribution in [2.45, 2.75) is 31.1 Å². The maximum Gasteiger partial charge on any atom is 0.345 e. The fraction of sp³-hybridized carbons (Fsp3) is 0.800. The molecule has 2 aliphatic heterocycles. The summed E-state index contributed by atoms with van der Waals surface area (Å²) in [6.07, 6.45) is 0.685. The maximum atomic E-state index is 12.0. The molecular formula is C10H15F2NO2. The number of aliphatic hydroxyl groups excluding tert-OH is 1. The Hall–Kier alpha value is -0.520. The molecule has 0 aromatic heterocycles. The third-order valence-electron chi connectivity index (χ3n) is 3.29. The highest BCUT2D eigenvalue weighted by Gasteiger charge is 2.50. The van der Waals surface area contributed by atoms with Crippen LogP contribution in [0.4, 0.5) is 8.78 Å². The van der Waals surface area contributed by atoms with E-state index in [9.17, 15) is 13.9 Å². The van der Waals surface area contributed by atoms with Crippen molar-refractivity contribution in [1.29, 1.82) is 0 Å². The van der Waals surface area contributed by atoms with Crippen molar-refractivity contribution >= 4 is 0 Å². The van der Waals surface area contributed by atoms with E-state index in [0.29, 0.717) is 25.9 Å². The summed E-state index contributed by atoms with van der Waals surface area (Å²) in [5, 5.41) is 9.37. The van der Waals surface area contributed by atoms with E-state index in [1.54, 1.807) is 0 Å². The summed E-state index contributed by atoms with van der Waals surface area (Å²) >= 11 is 0. The molecule has 0 aromatic rings. The zero-order valence-corrected chi connectivity index (χ0v) is 8.46. The molecule has 2 aliphatic rings. The van der Waals surface area contributed by atoms with E-state index in [2.05, 4.69) is 11.3 Å². The van der Waals surface area contributed by atoms with Gasteiger partial charge in [-0.05, 0) is 12.8 Å². The third-order valence-corrected chi connectivity index (χ3v) is 3.29. The molecule has 0 aliphatic carbocycles. The molecule has 2 unspecified atom stereocenters. The number of rotatable bonds is 3. The van der Waals surface area contributed by atoms with Crippen LogP contribution in [0, 0.1) is 0 Å². The number of ether oxygens (including phenoxy) is 1. The van der Waals surface area contributed by atoms with E-state index in [-0.39, 0.29) is 6.61 Å². The van der Waals surface area contributed by atoms with Crippen LogP contribution in [0.5, 0.6) is 0 Å². The first kappa shape index (κ1) is 11.0. The van der Waals surface area contributed by atoms with Gasteiger partial charge in [0.25, 0.3) is 0 Å². The molecule has 2 heterocycles. The second-order valence-electron chi connectivity index (χ2n) is 4.41. The minimum absolute atomic E-state index is 0.0187. The van der Waals surface area contributed by atoms with Gasteiger partial charge in [0.15, 0.2) is 0 Å². The SMILES string of the molecule is C=C1CN2CC(OC(F)F)CC2(CO)C1. The Morgan fingerprint density at radius 1 is 1.67 bits per heavy atom. The molecule has 0 spiro atoms. The quantitative estimate of drug-likeness (QED) is 0.718. The van der Waals surface area contributed by atoms with Crippen molar-refractivity contribution in [3.63, 3.8) is 0 Å². The number of nitrogens with zero attached hydrogens (tertiary/aromatic N) is 1. The van der Waals surface area contributed by atoms with Crippen LogP contribution in [-0.4, -0.2) is 48.0 Å². The van der Waals surface area contributed by atoms with Crippen LogP contribution in [-0.2, 0) is 4.74 Å². The first-order chi connectivity index (χ1) is 7.05. The second-order valence-corrected chi connectivity index (χ2v) is 4.41. The summed E-state index contributed by atoms with van der Waals surface area (Å²) in [5.41, 5.74) is 0.663. The Kier molecular flexibility index (Phi) is 2.79. The molecule has 0 amide bonds. The standard InChI is InChI=1S/C10H15F2NO2/c1-7-2-10(6-14)3-8(15-9(11)12)5-13(10)4-7/h8-9,14H,1-6H2. The molecule has 2 saturated heterocycles. The van der Waals surface area contributed by atoms with Gasteiger partial charge in [-0.3, -0.25) is 4.90 Å². The van der Waals surface area contributed by atoms with E-state index >= 15 is 0 Å². The first-order valence-corrected chi connectivity index (χ1v) is 5.02. The molecule has 15 heavy (non-hydrogen) atoms. The average Bonchev–Trinajstić information content (AvgIpc) is 2.56. The normalized spacial score (nSPS) is 36.5. The van der Waals surface area contributed by atoms with Gasteiger partial charge in [-0.2, -0.15) is 8.78 Å². The van der Waals surface area contributed by atoms with E-state index in [1.165, 1.54) is 0 Å². The lowest BCUT2D eigenvalue weighted by atomic mass is 9.93. The lowest BCUT2D eigenvalue weighted by Crippen LogP contribution is -2.41. The van der Waals surface area contributed by atoms with Crippen molar-refractivity contribution in [3.05, 3.63) is 12.2 Å². The number of hydrogen-bond acceptors (Lipinski definition) is 3. The lowest BCUT2D eigenvalue weighted by molar-refractivity contribution is -0.159. The summed E-state index contributed by atoms with van der Waals surface area (Å²) in [7, 11) is 0. The van der Waals surface area contributed by atoms with E-state index in [4.69, 9.17) is 0 Å². The topological polar surface area (TPSA) is 32.7 Å². The van der Waals surface area contributed by atoms with Crippen LogP contribution in [0.3, 0.4) is 0 Å². The van der Waals surface area contributed by atoms with Crippen molar-refractivity contribution < 1.29 is 18.6 Å². The van der Waals surface area contributed by atoms with Crippen LogP contribution >= 0.6 is 0 Å². The Morgan fingerprint density at radius 2 is 2.40 bits per heavy atom. The van der Waals surface area contributed by atoms with Gasteiger partial charge < -0.3 is 9.84 Å². The fourth-order valence-electron chi connectivity index (χ4n) is 2.72. The van der Waals surface area contributed by atoms with Gasteiger partial charge in [-0.25, -0.2) is 0 Å². The highest BCUT2D eigenvalue weighted by atomic mass is 19.3. The molecule has 0 radical (unpaired) electrons. The monoisotopic (exact) mass is 219 g/mol. The highest BCUT2D eigenvalue weighted by molar-refractivity contribution is 5.19. The first-order valence-electron chi connectivity index (χ1n) is 5.02. The minimum Gasteiger partial charge on any atom is -0.394 e. The summed E-state index contributed by atoms with van der Waals surface area (Å²) in [6, 6.07) is 0. The van der Waals surface area contributed by atoms with Crippen LogP contribution in [0.2, 0.25) is 0 Å². The molecule has 0 aromatic carbocycles. The highest BCUT2D eigenvalue weighted by Crippen LogP contribution is 2.41. The van der Waals surface area contributed by atoms with Gasteiger partial charge in [0.1, 0.15) is 0 Å². The van der Waals surface area contributed by atoms with E-state index in [0.717, 1.165) is 5.57 Å². The Morgan fingerprint density at radius 3 is 2.93 bits per heavy atom. The van der Waals surface area contributed by atoms with Crippen molar-refractivity contribution in [2.75, 3.05) is 19.7 Å². The average molecular weight is 219 g/mol. The number of alkyl halides is 2. The molecule has 2 rings (SSSR count). The Balaban J connectivity index is 2.04. The van der Waals surface area contributed by atoms with Crippen LogP contribution in [0.25, 0.3) is 0 Å². The second kappa shape index (κ2) is 3.81. The van der Waals surface area contributed by atoms with Crippen LogP contribution in [0.1, 0.15) is 12.8 Å². The summed E-state index contributed by atoms with van der Waals surface area (Å²) in [4.78, 5) is 2.00. The molecule has 86 valence electrons. The summed E-state index contributed by atoms with van der Waals surface area (Å²) in [5.74, 6) is 0. The largest absolute Gasteiger partial charge is 0.394 e. The number of hydrogen-bond donors (Lipinski definition) is 1. The fourth-order valence-corrected chi connectivity index (χ4v) is 2.72. The molecule has 5 heteroatoms. The number of aliphatic hydroxyl groups is 1. The summed E-state index contributed by atoms with van der Waals surface area (Å²) < 4.78 is 28.6. The number of fused-ring (bicyclic) bond motifs is 1. The van der Waals surface area contributed by atoms with Crippen LogP contribution < -0.4 is 0 Å². The van der Waals surface area contributed by atoms with Crippen molar-refractivity contribution in [3.8, 4) is 0 Å². The minimum atomic E-state index is -2.73. The van der Waals surface area contributed by atoms with Gasteiger partial charge in [0.05, 0.1) is 18.2 Å². The Labute approximate surface area is 87.3 Å². The third kappa shape index (κ3) is 1.91. The predicted octanol–water partition coefficient (Wildman–Crippen LogP) is 0.991. The van der Waals surface area contributed by atoms with Gasteiger partial charge >= 0.3 is 6.61 Å². The lowest BCUT2D eigenvalue weighted by Gasteiger charge is -2.28. The zero-order valence-electron chi connectivity index (χ0n) is 8.46. The van der Waals surface area contributed by atoms with Crippen molar-refractivity contribution in [2.24, 2.45) is 0 Å². The van der Waals surface area contributed by atoms with Gasteiger partial charge in [0.2, 0.25) is 0 Å². The van der Waals surface area contributed by atoms with Crippen molar-refractivity contribution in [1.82, 2.24) is 4.90 Å². The van der Waals surface area contributed by atoms with Crippen LogP contribution in [0.15, 0.2) is 12.2 Å². The van der Waals surface area contributed by atoms with E-state index in [1.807, 2.05) is 4.90 Å². The number of halogens is 2. The smallest absolute Gasteiger partial charge is 0.345 e. The van der Waals surface area contributed by atoms with E-state index < -0.39 is 18.3 Å². The predicted molar refractivity (Wildman–Crippen MR) is 50.6 cm³/mol. The van der Waals surface area contributed by atoms with Gasteiger partial charge in [-0.15, -0.1) is 0 Å². The molecular weight excluding hydrogens is 204 g/mol. The summed E-state index contributed by atoms with van der Waals surface area (Å²) in [6.45, 7) is 2.27. The molecule has 0 saturated carbocycles. The zero-order chi connectivity index (χ0) is 11.1. The Bertz CT molecular complexity index is 272. The van der Waals surface area contributed by atoms with Gasteiger partial charge in [0, 0.05) is 13.1 Å². The molecule has 0 bridgehead atoms. The molecule has 2 atom stereocenters.